The van der Waals surface area contributed by atoms with E-state index >= 15 is 0 Å². The first-order valence-electron chi connectivity index (χ1n) is 6.02. The van der Waals surface area contributed by atoms with E-state index in [9.17, 15) is 4.79 Å². The molecule has 0 saturated carbocycles. The summed E-state index contributed by atoms with van der Waals surface area (Å²) in [5.74, 6) is 0.00778. The number of nitrogens with one attached hydrogen (secondary N) is 1. The summed E-state index contributed by atoms with van der Waals surface area (Å²) in [5, 5.41) is 2.98. The molecule has 1 aromatic rings. The monoisotopic (exact) mass is 234 g/mol. The molecule has 0 saturated heterocycles. The minimum atomic E-state index is -0.0965. The summed E-state index contributed by atoms with van der Waals surface area (Å²) >= 11 is 0. The number of amides is 1. The molecule has 1 aromatic carbocycles. The van der Waals surface area contributed by atoms with Crippen molar-refractivity contribution in [3.8, 4) is 0 Å². The van der Waals surface area contributed by atoms with E-state index in [1.807, 2.05) is 13.8 Å². The highest BCUT2D eigenvalue weighted by Gasteiger charge is 2.12. The Morgan fingerprint density at radius 3 is 2.59 bits per heavy atom. The van der Waals surface area contributed by atoms with Crippen molar-refractivity contribution in [2.45, 2.75) is 46.2 Å². The van der Waals surface area contributed by atoms with Gasteiger partial charge in [-0.1, -0.05) is 23.8 Å². The minimum absolute atomic E-state index is 0.00778. The molecule has 0 radical (unpaired) electrons. The Morgan fingerprint density at radius 1 is 1.35 bits per heavy atom. The minimum Gasteiger partial charge on any atom is -0.350 e. The summed E-state index contributed by atoms with van der Waals surface area (Å²) in [6, 6.07) is 6.21. The zero-order valence-electron chi connectivity index (χ0n) is 11.1. The van der Waals surface area contributed by atoms with Crippen molar-refractivity contribution in [1.82, 2.24) is 5.32 Å². The van der Waals surface area contributed by atoms with Crippen LogP contribution in [0.25, 0.3) is 0 Å². The molecular weight excluding hydrogens is 212 g/mol. The van der Waals surface area contributed by atoms with Crippen molar-refractivity contribution in [3.63, 3.8) is 0 Å². The number of nitrogens with two attached hydrogens (primary N) is 1. The van der Waals surface area contributed by atoms with Gasteiger partial charge in [-0.2, -0.15) is 0 Å². The van der Waals surface area contributed by atoms with E-state index in [0.29, 0.717) is 6.42 Å². The number of carbonyl (C=O) groups excluding carboxylic acids is 1. The number of rotatable bonds is 4. The SMILES string of the molecule is Cc1ccc(C)c(C(C)NC(=O)CC(C)N)c1. The van der Waals surface area contributed by atoms with Gasteiger partial charge in [0.15, 0.2) is 0 Å². The van der Waals surface area contributed by atoms with Gasteiger partial charge in [0.1, 0.15) is 0 Å². The standard InChI is InChI=1S/C14H22N2O/c1-9-5-6-10(2)13(7-9)12(4)16-14(17)8-11(3)15/h5-7,11-12H,8,15H2,1-4H3,(H,16,17). The second kappa shape index (κ2) is 5.82. The van der Waals surface area contributed by atoms with Gasteiger partial charge in [-0.25, -0.2) is 0 Å². The Morgan fingerprint density at radius 2 is 2.00 bits per heavy atom. The van der Waals surface area contributed by atoms with Crippen LogP contribution in [0.15, 0.2) is 18.2 Å². The van der Waals surface area contributed by atoms with Crippen LogP contribution in [-0.2, 0) is 4.79 Å². The van der Waals surface area contributed by atoms with Crippen LogP contribution < -0.4 is 11.1 Å². The van der Waals surface area contributed by atoms with Crippen LogP contribution in [-0.4, -0.2) is 11.9 Å². The zero-order valence-corrected chi connectivity index (χ0v) is 11.1. The van der Waals surface area contributed by atoms with Gasteiger partial charge in [-0.05, 0) is 38.8 Å². The Labute approximate surface area is 103 Å². The first kappa shape index (κ1) is 13.7. The Kier molecular flexibility index (Phi) is 4.70. The third-order valence-corrected chi connectivity index (χ3v) is 2.79. The summed E-state index contributed by atoms with van der Waals surface area (Å²) in [7, 11) is 0. The summed E-state index contributed by atoms with van der Waals surface area (Å²) in [4.78, 5) is 11.6. The lowest BCUT2D eigenvalue weighted by Gasteiger charge is -2.18. The van der Waals surface area contributed by atoms with Crippen molar-refractivity contribution in [2.24, 2.45) is 5.73 Å². The molecule has 0 aliphatic rings. The molecule has 0 heterocycles. The second-order valence-electron chi connectivity index (χ2n) is 4.83. The molecule has 0 bridgehead atoms. The summed E-state index contributed by atoms with van der Waals surface area (Å²) < 4.78 is 0. The molecule has 0 spiro atoms. The van der Waals surface area contributed by atoms with Gasteiger partial charge in [0.25, 0.3) is 0 Å². The van der Waals surface area contributed by atoms with E-state index in [2.05, 4.69) is 37.4 Å². The quantitative estimate of drug-likeness (QED) is 0.839. The fraction of sp³-hybridized carbons (Fsp3) is 0.500. The van der Waals surface area contributed by atoms with Crippen LogP contribution >= 0.6 is 0 Å². The Balaban J connectivity index is 2.72. The molecule has 17 heavy (non-hydrogen) atoms. The van der Waals surface area contributed by atoms with Gasteiger partial charge < -0.3 is 11.1 Å². The van der Waals surface area contributed by atoms with E-state index in [-0.39, 0.29) is 18.0 Å². The van der Waals surface area contributed by atoms with E-state index in [0.717, 1.165) is 0 Å². The average Bonchev–Trinajstić information content (AvgIpc) is 2.20. The molecule has 0 aliphatic carbocycles. The highest BCUT2D eigenvalue weighted by molar-refractivity contribution is 5.77. The summed E-state index contributed by atoms with van der Waals surface area (Å²) in [5.41, 5.74) is 9.18. The van der Waals surface area contributed by atoms with Crippen LogP contribution in [0.2, 0.25) is 0 Å². The second-order valence-corrected chi connectivity index (χ2v) is 4.83. The summed E-state index contributed by atoms with van der Waals surface area (Å²) in [6.07, 6.45) is 0.370. The molecule has 3 nitrogen and oxygen atoms in total. The predicted octanol–water partition coefficient (Wildman–Crippen LogP) is 2.22. The number of aryl methyl sites for hydroxylation is 2. The van der Waals surface area contributed by atoms with Crippen molar-refractivity contribution in [2.75, 3.05) is 0 Å². The van der Waals surface area contributed by atoms with E-state index in [1.54, 1.807) is 0 Å². The van der Waals surface area contributed by atoms with Crippen molar-refractivity contribution >= 4 is 5.91 Å². The van der Waals surface area contributed by atoms with Crippen LogP contribution in [0.4, 0.5) is 0 Å². The molecule has 1 rings (SSSR count). The lowest BCUT2D eigenvalue weighted by atomic mass is 10.00. The molecule has 3 heteroatoms. The highest BCUT2D eigenvalue weighted by Crippen LogP contribution is 2.18. The van der Waals surface area contributed by atoms with Crippen molar-refractivity contribution < 1.29 is 4.79 Å². The van der Waals surface area contributed by atoms with Crippen LogP contribution in [0.3, 0.4) is 0 Å². The molecule has 0 aliphatic heterocycles. The summed E-state index contributed by atoms with van der Waals surface area (Å²) in [6.45, 7) is 7.95. The molecular formula is C14H22N2O. The fourth-order valence-electron chi connectivity index (χ4n) is 1.90. The van der Waals surface area contributed by atoms with Gasteiger partial charge in [-0.3, -0.25) is 4.79 Å². The highest BCUT2D eigenvalue weighted by atomic mass is 16.1. The number of benzene rings is 1. The normalized spacial score (nSPS) is 14.2. The Hall–Kier alpha value is -1.35. The molecule has 2 unspecified atom stereocenters. The van der Waals surface area contributed by atoms with Crippen molar-refractivity contribution in [1.29, 1.82) is 0 Å². The van der Waals surface area contributed by atoms with Gasteiger partial charge in [-0.15, -0.1) is 0 Å². The first-order chi connectivity index (χ1) is 7.90. The third kappa shape index (κ3) is 4.19. The maximum Gasteiger partial charge on any atom is 0.222 e. The third-order valence-electron chi connectivity index (χ3n) is 2.79. The largest absolute Gasteiger partial charge is 0.350 e. The zero-order chi connectivity index (χ0) is 13.0. The van der Waals surface area contributed by atoms with Crippen LogP contribution in [0, 0.1) is 13.8 Å². The van der Waals surface area contributed by atoms with Gasteiger partial charge in [0.05, 0.1) is 6.04 Å². The fourth-order valence-corrected chi connectivity index (χ4v) is 1.90. The Bertz CT molecular complexity index is 399. The molecule has 94 valence electrons. The lowest BCUT2D eigenvalue weighted by molar-refractivity contribution is -0.122. The molecule has 0 fully saturated rings. The first-order valence-corrected chi connectivity index (χ1v) is 6.02. The van der Waals surface area contributed by atoms with Crippen molar-refractivity contribution in [3.05, 3.63) is 34.9 Å². The van der Waals surface area contributed by atoms with E-state index in [4.69, 9.17) is 5.73 Å². The smallest absolute Gasteiger partial charge is 0.222 e. The lowest BCUT2D eigenvalue weighted by Crippen LogP contribution is -2.32. The molecule has 2 atom stereocenters. The maximum absolute atomic E-state index is 11.6. The molecule has 3 N–H and O–H groups in total. The van der Waals surface area contributed by atoms with Gasteiger partial charge in [0, 0.05) is 12.5 Å². The average molecular weight is 234 g/mol. The topological polar surface area (TPSA) is 55.1 Å². The number of hydrogen-bond acceptors (Lipinski definition) is 2. The maximum atomic E-state index is 11.6. The number of hydrogen-bond donors (Lipinski definition) is 2. The van der Waals surface area contributed by atoms with E-state index in [1.165, 1.54) is 16.7 Å². The number of carbonyl (C=O) groups is 1. The van der Waals surface area contributed by atoms with Crippen LogP contribution in [0.1, 0.15) is 43.0 Å². The van der Waals surface area contributed by atoms with E-state index < -0.39 is 0 Å². The van der Waals surface area contributed by atoms with Gasteiger partial charge in [0.2, 0.25) is 5.91 Å². The molecule has 1 amide bonds. The van der Waals surface area contributed by atoms with Gasteiger partial charge >= 0.3 is 0 Å². The van der Waals surface area contributed by atoms with Crippen LogP contribution in [0.5, 0.6) is 0 Å². The predicted molar refractivity (Wildman–Crippen MR) is 70.7 cm³/mol. The molecule has 0 aromatic heterocycles.